The van der Waals surface area contributed by atoms with E-state index >= 15 is 0 Å². The molecule has 0 radical (unpaired) electrons. The first-order valence-electron chi connectivity index (χ1n) is 5.37. The number of pyridine rings is 1. The molecule has 3 aromatic rings. The van der Waals surface area contributed by atoms with Gasteiger partial charge in [0.1, 0.15) is 5.01 Å². The number of nitrogens with zero attached hydrogens (tertiary/aromatic N) is 2. The topological polar surface area (TPSA) is 51.8 Å². The molecule has 2 heterocycles. The van der Waals surface area contributed by atoms with E-state index in [0.29, 0.717) is 6.54 Å². The lowest BCUT2D eigenvalue weighted by molar-refractivity contribution is 1.10. The Hall–Kier alpha value is -1.78. The van der Waals surface area contributed by atoms with E-state index in [2.05, 4.69) is 16.0 Å². The molecule has 3 nitrogen and oxygen atoms in total. The number of hydrogen-bond acceptors (Lipinski definition) is 4. The second-order valence-electron chi connectivity index (χ2n) is 3.71. The van der Waals surface area contributed by atoms with Crippen LogP contribution in [0.3, 0.4) is 0 Å². The average Bonchev–Trinajstić information content (AvgIpc) is 2.87. The summed E-state index contributed by atoms with van der Waals surface area (Å²) in [5.41, 5.74) is 7.73. The smallest absolute Gasteiger partial charge is 0.124 e. The largest absolute Gasteiger partial charge is 0.326 e. The van der Waals surface area contributed by atoms with E-state index in [1.165, 1.54) is 0 Å². The summed E-state index contributed by atoms with van der Waals surface area (Å²) in [5, 5.41) is 2.14. The zero-order valence-corrected chi connectivity index (χ0v) is 9.95. The first-order chi connectivity index (χ1) is 8.38. The highest BCUT2D eigenvalue weighted by molar-refractivity contribution is 7.15. The molecule has 0 saturated heterocycles. The fourth-order valence-electron chi connectivity index (χ4n) is 1.81. The molecular weight excluding hydrogens is 230 g/mol. The van der Waals surface area contributed by atoms with Gasteiger partial charge in [0.15, 0.2) is 0 Å². The van der Waals surface area contributed by atoms with E-state index in [9.17, 15) is 0 Å². The third kappa shape index (κ3) is 1.81. The standard InChI is InChI=1S/C13H11N3S/c14-7-9-8-16-13(17-9)11-5-6-15-12-4-2-1-3-10(11)12/h1-6,8H,7,14H2. The third-order valence-corrected chi connectivity index (χ3v) is 3.69. The van der Waals surface area contributed by atoms with Crippen LogP contribution in [0.2, 0.25) is 0 Å². The number of nitrogens with two attached hydrogens (primary N) is 1. The van der Waals surface area contributed by atoms with Gasteiger partial charge in [0.05, 0.1) is 5.52 Å². The second kappa shape index (κ2) is 4.24. The quantitative estimate of drug-likeness (QED) is 0.750. The minimum atomic E-state index is 0.542. The number of para-hydroxylation sites is 1. The summed E-state index contributed by atoms with van der Waals surface area (Å²) >= 11 is 1.64. The summed E-state index contributed by atoms with van der Waals surface area (Å²) in [6.07, 6.45) is 3.66. The highest BCUT2D eigenvalue weighted by atomic mass is 32.1. The van der Waals surface area contributed by atoms with Gasteiger partial charge in [-0.05, 0) is 12.1 Å². The van der Waals surface area contributed by atoms with Gasteiger partial charge in [0.2, 0.25) is 0 Å². The van der Waals surface area contributed by atoms with Crippen molar-refractivity contribution in [2.75, 3.05) is 0 Å². The molecule has 0 amide bonds. The molecule has 0 bridgehead atoms. The van der Waals surface area contributed by atoms with Gasteiger partial charge in [-0.15, -0.1) is 11.3 Å². The van der Waals surface area contributed by atoms with Gasteiger partial charge in [-0.1, -0.05) is 18.2 Å². The summed E-state index contributed by atoms with van der Waals surface area (Å²) in [4.78, 5) is 9.86. The van der Waals surface area contributed by atoms with Crippen molar-refractivity contribution in [1.82, 2.24) is 9.97 Å². The average molecular weight is 241 g/mol. The Morgan fingerprint density at radius 1 is 1.12 bits per heavy atom. The normalized spacial score (nSPS) is 10.9. The first-order valence-corrected chi connectivity index (χ1v) is 6.19. The van der Waals surface area contributed by atoms with Crippen molar-refractivity contribution in [2.45, 2.75) is 6.54 Å². The van der Waals surface area contributed by atoms with Crippen LogP contribution >= 0.6 is 11.3 Å². The maximum atomic E-state index is 5.61. The second-order valence-corrected chi connectivity index (χ2v) is 4.83. The molecule has 17 heavy (non-hydrogen) atoms. The van der Waals surface area contributed by atoms with Crippen molar-refractivity contribution < 1.29 is 0 Å². The molecule has 0 aliphatic carbocycles. The lowest BCUT2D eigenvalue weighted by atomic mass is 10.1. The summed E-state index contributed by atoms with van der Waals surface area (Å²) in [5.74, 6) is 0. The number of hydrogen-bond donors (Lipinski definition) is 1. The maximum absolute atomic E-state index is 5.61. The number of fused-ring (bicyclic) bond motifs is 1. The highest BCUT2D eigenvalue weighted by Gasteiger charge is 2.07. The van der Waals surface area contributed by atoms with E-state index in [1.54, 1.807) is 11.3 Å². The summed E-state index contributed by atoms with van der Waals surface area (Å²) < 4.78 is 0. The van der Waals surface area contributed by atoms with E-state index in [-0.39, 0.29) is 0 Å². The minimum absolute atomic E-state index is 0.542. The molecule has 1 aromatic carbocycles. The van der Waals surface area contributed by atoms with Crippen molar-refractivity contribution in [3.05, 3.63) is 47.6 Å². The molecule has 3 rings (SSSR count). The molecule has 0 aliphatic heterocycles. The Morgan fingerprint density at radius 2 is 2.00 bits per heavy atom. The zero-order valence-electron chi connectivity index (χ0n) is 9.13. The molecule has 0 aliphatic rings. The van der Waals surface area contributed by atoms with Crippen LogP contribution < -0.4 is 5.73 Å². The van der Waals surface area contributed by atoms with Crippen LogP contribution in [0.5, 0.6) is 0 Å². The molecule has 84 valence electrons. The van der Waals surface area contributed by atoms with Gasteiger partial charge < -0.3 is 5.73 Å². The summed E-state index contributed by atoms with van der Waals surface area (Å²) in [6, 6.07) is 10.1. The highest BCUT2D eigenvalue weighted by Crippen LogP contribution is 2.30. The van der Waals surface area contributed by atoms with Crippen molar-refractivity contribution in [3.63, 3.8) is 0 Å². The maximum Gasteiger partial charge on any atom is 0.124 e. The molecular formula is C13H11N3S. The van der Waals surface area contributed by atoms with Gasteiger partial charge in [0.25, 0.3) is 0 Å². The SMILES string of the molecule is NCc1cnc(-c2ccnc3ccccc23)s1. The van der Waals surface area contributed by atoms with Crippen LogP contribution in [0, 0.1) is 0 Å². The van der Waals surface area contributed by atoms with Crippen molar-refractivity contribution >= 4 is 22.2 Å². The Balaban J connectivity index is 2.23. The predicted octanol–water partition coefficient (Wildman–Crippen LogP) is 2.82. The van der Waals surface area contributed by atoms with E-state index in [0.717, 1.165) is 26.4 Å². The monoisotopic (exact) mass is 241 g/mol. The van der Waals surface area contributed by atoms with Crippen LogP contribution in [-0.4, -0.2) is 9.97 Å². The van der Waals surface area contributed by atoms with Gasteiger partial charge in [-0.2, -0.15) is 0 Å². The Kier molecular flexibility index (Phi) is 2.59. The molecule has 2 N–H and O–H groups in total. The Labute approximate surface area is 103 Å². The summed E-state index contributed by atoms with van der Waals surface area (Å²) in [7, 11) is 0. The van der Waals surface area contributed by atoms with Gasteiger partial charge >= 0.3 is 0 Å². The lowest BCUT2D eigenvalue weighted by Gasteiger charge is -2.01. The molecule has 4 heteroatoms. The van der Waals surface area contributed by atoms with Crippen molar-refractivity contribution in [2.24, 2.45) is 5.73 Å². The van der Waals surface area contributed by atoms with Crippen LogP contribution in [0.15, 0.2) is 42.7 Å². The zero-order chi connectivity index (χ0) is 11.7. The van der Waals surface area contributed by atoms with Gasteiger partial charge in [-0.25, -0.2) is 4.98 Å². The van der Waals surface area contributed by atoms with Crippen molar-refractivity contribution in [1.29, 1.82) is 0 Å². The molecule has 2 aromatic heterocycles. The molecule has 0 saturated carbocycles. The van der Waals surface area contributed by atoms with Crippen molar-refractivity contribution in [3.8, 4) is 10.6 Å². The Bertz CT molecular complexity index is 655. The van der Waals surface area contributed by atoms with Crippen LogP contribution in [0.1, 0.15) is 4.88 Å². The van der Waals surface area contributed by atoms with Gasteiger partial charge in [0, 0.05) is 34.8 Å². The molecule has 0 unspecified atom stereocenters. The number of thiazole rings is 1. The summed E-state index contributed by atoms with van der Waals surface area (Å²) in [6.45, 7) is 0.542. The minimum Gasteiger partial charge on any atom is -0.326 e. The number of rotatable bonds is 2. The molecule has 0 atom stereocenters. The van der Waals surface area contributed by atoms with E-state index < -0.39 is 0 Å². The van der Waals surface area contributed by atoms with Crippen LogP contribution in [0.25, 0.3) is 21.5 Å². The first kappa shape index (κ1) is 10.4. The van der Waals surface area contributed by atoms with Crippen LogP contribution in [0.4, 0.5) is 0 Å². The molecule has 0 spiro atoms. The fraction of sp³-hybridized carbons (Fsp3) is 0.0769. The van der Waals surface area contributed by atoms with Crippen LogP contribution in [-0.2, 0) is 6.54 Å². The Morgan fingerprint density at radius 3 is 2.82 bits per heavy atom. The van der Waals surface area contributed by atoms with Gasteiger partial charge in [-0.3, -0.25) is 4.98 Å². The predicted molar refractivity (Wildman–Crippen MR) is 70.7 cm³/mol. The molecule has 0 fully saturated rings. The number of aromatic nitrogens is 2. The number of benzene rings is 1. The van der Waals surface area contributed by atoms with E-state index in [4.69, 9.17) is 5.73 Å². The fourth-order valence-corrected chi connectivity index (χ4v) is 2.64. The van der Waals surface area contributed by atoms with E-state index in [1.807, 2.05) is 36.7 Å². The third-order valence-electron chi connectivity index (χ3n) is 2.63. The lowest BCUT2D eigenvalue weighted by Crippen LogP contribution is -1.91.